The molecule has 0 radical (unpaired) electrons. The predicted octanol–water partition coefficient (Wildman–Crippen LogP) is 0.963. The number of amides is 1. The summed E-state index contributed by atoms with van der Waals surface area (Å²) in [6, 6.07) is -0.429. The van der Waals surface area contributed by atoms with Gasteiger partial charge in [0.15, 0.2) is 0 Å². The first-order chi connectivity index (χ1) is 6.93. The van der Waals surface area contributed by atoms with Crippen LogP contribution in [0.2, 0.25) is 0 Å². The smallest absolute Gasteiger partial charge is 0.404 e. The second kappa shape index (κ2) is 4.81. The first-order valence-electron chi connectivity index (χ1n) is 5.21. The minimum atomic E-state index is -1.11. The van der Waals surface area contributed by atoms with Crippen molar-refractivity contribution < 1.29 is 19.7 Å². The van der Waals surface area contributed by atoms with Crippen molar-refractivity contribution >= 4 is 6.09 Å². The van der Waals surface area contributed by atoms with Crippen molar-refractivity contribution in [1.82, 2.24) is 5.32 Å². The van der Waals surface area contributed by atoms with Gasteiger partial charge in [-0.25, -0.2) is 4.79 Å². The highest BCUT2D eigenvalue weighted by Gasteiger charge is 2.33. The third-order valence-electron chi connectivity index (χ3n) is 2.65. The summed E-state index contributed by atoms with van der Waals surface area (Å²) >= 11 is 0. The van der Waals surface area contributed by atoms with E-state index in [2.05, 4.69) is 5.32 Å². The summed E-state index contributed by atoms with van der Waals surface area (Å²) in [5, 5.41) is 19.8. The minimum absolute atomic E-state index is 0.0454. The number of aliphatic hydroxyl groups excluding tert-OH is 1. The fourth-order valence-corrected chi connectivity index (χ4v) is 1.91. The Morgan fingerprint density at radius 3 is 2.73 bits per heavy atom. The first-order valence-corrected chi connectivity index (χ1v) is 5.21. The van der Waals surface area contributed by atoms with Crippen LogP contribution in [0.3, 0.4) is 0 Å². The fourth-order valence-electron chi connectivity index (χ4n) is 1.91. The Morgan fingerprint density at radius 1 is 1.67 bits per heavy atom. The minimum Gasteiger partial charge on any atom is -0.465 e. The average Bonchev–Trinajstić information content (AvgIpc) is 2.43. The summed E-state index contributed by atoms with van der Waals surface area (Å²) in [4.78, 5) is 10.4. The molecule has 15 heavy (non-hydrogen) atoms. The SMILES string of the molecule is CC1(C)CC[C@H](C[C@H](CO)NC(=O)O)O1. The standard InChI is InChI=1S/C10H19NO4/c1-10(2)4-3-8(15-10)5-7(6-12)11-9(13)14/h7-8,11-12H,3-6H2,1-2H3,(H,13,14)/t7-,8-/m1/s1. The van der Waals surface area contributed by atoms with Crippen LogP contribution in [-0.4, -0.2) is 40.7 Å². The van der Waals surface area contributed by atoms with Crippen LogP contribution in [0.25, 0.3) is 0 Å². The van der Waals surface area contributed by atoms with Crippen LogP contribution in [0, 0.1) is 0 Å². The lowest BCUT2D eigenvalue weighted by Crippen LogP contribution is -2.39. The molecule has 1 heterocycles. The van der Waals surface area contributed by atoms with Crippen molar-refractivity contribution in [2.45, 2.75) is 50.9 Å². The van der Waals surface area contributed by atoms with Crippen LogP contribution in [-0.2, 0) is 4.74 Å². The molecule has 88 valence electrons. The number of hydrogen-bond donors (Lipinski definition) is 3. The summed E-state index contributed by atoms with van der Waals surface area (Å²) in [5.74, 6) is 0. The number of nitrogens with one attached hydrogen (secondary N) is 1. The van der Waals surface area contributed by atoms with Crippen LogP contribution < -0.4 is 5.32 Å². The second-order valence-corrected chi connectivity index (χ2v) is 4.60. The van der Waals surface area contributed by atoms with E-state index >= 15 is 0 Å². The number of carboxylic acid groups (broad SMARTS) is 1. The molecule has 5 heteroatoms. The quantitative estimate of drug-likeness (QED) is 0.655. The van der Waals surface area contributed by atoms with Gasteiger partial charge < -0.3 is 20.3 Å². The molecular weight excluding hydrogens is 198 g/mol. The van der Waals surface area contributed by atoms with E-state index in [1.165, 1.54) is 0 Å². The van der Waals surface area contributed by atoms with Crippen molar-refractivity contribution in [3.8, 4) is 0 Å². The highest BCUT2D eigenvalue weighted by atomic mass is 16.5. The molecule has 5 nitrogen and oxygen atoms in total. The highest BCUT2D eigenvalue weighted by Crippen LogP contribution is 2.31. The molecule has 1 fully saturated rings. The molecule has 0 aliphatic carbocycles. The van der Waals surface area contributed by atoms with Crippen LogP contribution in [0.4, 0.5) is 4.79 Å². The lowest BCUT2D eigenvalue weighted by Gasteiger charge is -2.22. The largest absolute Gasteiger partial charge is 0.465 e. The maximum Gasteiger partial charge on any atom is 0.404 e. The van der Waals surface area contributed by atoms with Crippen LogP contribution in [0.15, 0.2) is 0 Å². The van der Waals surface area contributed by atoms with E-state index in [9.17, 15) is 4.79 Å². The van der Waals surface area contributed by atoms with Gasteiger partial charge in [-0.3, -0.25) is 0 Å². The lowest BCUT2D eigenvalue weighted by atomic mass is 10.0. The molecule has 0 saturated carbocycles. The zero-order valence-corrected chi connectivity index (χ0v) is 9.19. The Bertz CT molecular complexity index is 229. The van der Waals surface area contributed by atoms with Gasteiger partial charge >= 0.3 is 6.09 Å². The molecule has 0 aromatic carbocycles. The van der Waals surface area contributed by atoms with E-state index in [0.717, 1.165) is 12.8 Å². The summed E-state index contributed by atoms with van der Waals surface area (Å²) in [6.07, 6.45) is 1.37. The number of aliphatic hydroxyl groups is 1. The van der Waals surface area contributed by atoms with E-state index in [-0.39, 0.29) is 18.3 Å². The molecule has 0 spiro atoms. The van der Waals surface area contributed by atoms with E-state index in [1.807, 2.05) is 13.8 Å². The van der Waals surface area contributed by atoms with Gasteiger partial charge in [-0.2, -0.15) is 0 Å². The van der Waals surface area contributed by atoms with Gasteiger partial charge in [0, 0.05) is 0 Å². The molecule has 0 unspecified atom stereocenters. The molecule has 1 amide bonds. The molecule has 0 aromatic heterocycles. The molecule has 1 aliphatic rings. The van der Waals surface area contributed by atoms with Gasteiger partial charge in [-0.15, -0.1) is 0 Å². The number of hydrogen-bond acceptors (Lipinski definition) is 3. The Kier molecular flexibility index (Phi) is 3.93. The maximum absolute atomic E-state index is 10.4. The number of ether oxygens (including phenoxy) is 1. The van der Waals surface area contributed by atoms with Gasteiger partial charge in [-0.1, -0.05) is 0 Å². The third kappa shape index (κ3) is 4.05. The molecule has 0 aromatic rings. The zero-order chi connectivity index (χ0) is 11.5. The van der Waals surface area contributed by atoms with Crippen molar-refractivity contribution in [3.05, 3.63) is 0 Å². The molecule has 1 aliphatic heterocycles. The zero-order valence-electron chi connectivity index (χ0n) is 9.19. The maximum atomic E-state index is 10.4. The average molecular weight is 217 g/mol. The topological polar surface area (TPSA) is 78.8 Å². The van der Waals surface area contributed by atoms with E-state index < -0.39 is 12.1 Å². The Balaban J connectivity index is 2.36. The molecular formula is C10H19NO4. The van der Waals surface area contributed by atoms with E-state index in [0.29, 0.717) is 6.42 Å². The van der Waals surface area contributed by atoms with Gasteiger partial charge in [0.25, 0.3) is 0 Å². The number of rotatable bonds is 4. The third-order valence-corrected chi connectivity index (χ3v) is 2.65. The Morgan fingerprint density at radius 2 is 2.33 bits per heavy atom. The van der Waals surface area contributed by atoms with Crippen molar-refractivity contribution in [3.63, 3.8) is 0 Å². The monoisotopic (exact) mass is 217 g/mol. The van der Waals surface area contributed by atoms with Crippen LogP contribution in [0.5, 0.6) is 0 Å². The fraction of sp³-hybridized carbons (Fsp3) is 0.900. The van der Waals surface area contributed by atoms with E-state index in [4.69, 9.17) is 14.9 Å². The Labute approximate surface area is 89.4 Å². The van der Waals surface area contributed by atoms with Gasteiger partial charge in [0.05, 0.1) is 24.4 Å². The van der Waals surface area contributed by atoms with Gasteiger partial charge in [0.1, 0.15) is 0 Å². The van der Waals surface area contributed by atoms with Gasteiger partial charge in [0.2, 0.25) is 0 Å². The predicted molar refractivity (Wildman–Crippen MR) is 54.8 cm³/mol. The molecule has 0 bridgehead atoms. The summed E-state index contributed by atoms with van der Waals surface area (Å²) < 4.78 is 5.72. The molecule has 1 rings (SSSR count). The molecule has 1 saturated heterocycles. The summed E-state index contributed by atoms with van der Waals surface area (Å²) in [5.41, 5.74) is -0.117. The number of carbonyl (C=O) groups is 1. The summed E-state index contributed by atoms with van der Waals surface area (Å²) in [7, 11) is 0. The van der Waals surface area contributed by atoms with Crippen molar-refractivity contribution in [2.75, 3.05) is 6.61 Å². The Hall–Kier alpha value is -0.810. The lowest BCUT2D eigenvalue weighted by molar-refractivity contribution is -0.0239. The first kappa shape index (κ1) is 12.3. The normalized spacial score (nSPS) is 26.2. The molecule has 3 N–H and O–H groups in total. The van der Waals surface area contributed by atoms with Gasteiger partial charge in [-0.05, 0) is 33.1 Å². The highest BCUT2D eigenvalue weighted by molar-refractivity contribution is 5.64. The second-order valence-electron chi connectivity index (χ2n) is 4.60. The summed E-state index contributed by atoms with van der Waals surface area (Å²) in [6.45, 7) is 3.85. The van der Waals surface area contributed by atoms with Crippen molar-refractivity contribution in [2.24, 2.45) is 0 Å². The van der Waals surface area contributed by atoms with Crippen LogP contribution >= 0.6 is 0 Å². The van der Waals surface area contributed by atoms with Crippen molar-refractivity contribution in [1.29, 1.82) is 0 Å². The van der Waals surface area contributed by atoms with Crippen LogP contribution in [0.1, 0.15) is 33.1 Å². The molecule has 2 atom stereocenters. The van der Waals surface area contributed by atoms with E-state index in [1.54, 1.807) is 0 Å².